The number of benzene rings is 1. The van der Waals surface area contributed by atoms with Crippen molar-refractivity contribution in [3.63, 3.8) is 0 Å². The fourth-order valence-corrected chi connectivity index (χ4v) is 2.83. The first kappa shape index (κ1) is 16.4. The van der Waals surface area contributed by atoms with Crippen LogP contribution in [-0.2, 0) is 20.6 Å². The van der Waals surface area contributed by atoms with Crippen LogP contribution in [0.1, 0.15) is 30.1 Å². The average molecular weight is 299 g/mol. The molecule has 1 aliphatic heterocycles. The van der Waals surface area contributed by atoms with Gasteiger partial charge in [0.2, 0.25) is 0 Å². The smallest absolute Gasteiger partial charge is 0.748 e. The van der Waals surface area contributed by atoms with Crippen LogP contribution in [0.5, 0.6) is 0 Å². The van der Waals surface area contributed by atoms with E-state index in [-0.39, 0.29) is 35.7 Å². The van der Waals surface area contributed by atoms with Gasteiger partial charge in [-0.15, -0.1) is 0 Å². The van der Waals surface area contributed by atoms with Crippen LogP contribution in [0, 0.1) is 0 Å². The Morgan fingerprint density at radius 1 is 1.44 bits per heavy atom. The van der Waals surface area contributed by atoms with E-state index in [4.69, 9.17) is 16.3 Å². The Morgan fingerprint density at radius 2 is 2.17 bits per heavy atom. The fourth-order valence-electron chi connectivity index (χ4n) is 2.01. The van der Waals surface area contributed by atoms with Gasteiger partial charge in [0.25, 0.3) is 0 Å². The van der Waals surface area contributed by atoms with E-state index in [2.05, 4.69) is 0 Å². The molecule has 1 fully saturated rings. The zero-order valence-corrected chi connectivity index (χ0v) is 13.6. The summed E-state index contributed by atoms with van der Waals surface area (Å²) in [5, 5.41) is 0.516. The molecular weight excluding hydrogens is 287 g/mol. The molecule has 94 valence electrons. The van der Waals surface area contributed by atoms with Crippen molar-refractivity contribution in [2.45, 2.75) is 24.7 Å². The molecular formula is C11H12ClNaO4S. The minimum Gasteiger partial charge on any atom is -0.748 e. The summed E-state index contributed by atoms with van der Waals surface area (Å²) in [6.45, 7) is 0.654. The number of hydrogen-bond donors (Lipinski definition) is 0. The van der Waals surface area contributed by atoms with E-state index in [0.717, 1.165) is 18.4 Å². The van der Waals surface area contributed by atoms with Gasteiger partial charge in [0.1, 0.15) is 0 Å². The van der Waals surface area contributed by atoms with Crippen molar-refractivity contribution in [1.29, 1.82) is 0 Å². The summed E-state index contributed by atoms with van der Waals surface area (Å²) in [5.74, 6) is -0.515. The van der Waals surface area contributed by atoms with Gasteiger partial charge in [-0.1, -0.05) is 17.7 Å². The van der Waals surface area contributed by atoms with E-state index in [1.807, 2.05) is 0 Å². The van der Waals surface area contributed by atoms with E-state index in [0.29, 0.717) is 17.2 Å². The molecule has 1 heterocycles. The molecule has 0 N–H and O–H groups in total. The molecule has 0 radical (unpaired) electrons. The van der Waals surface area contributed by atoms with Gasteiger partial charge in [-0.05, 0) is 36.1 Å². The first-order valence-corrected chi connectivity index (χ1v) is 7.25. The second kappa shape index (κ2) is 6.70. The molecule has 4 nitrogen and oxygen atoms in total. The van der Waals surface area contributed by atoms with Gasteiger partial charge >= 0.3 is 29.6 Å². The molecule has 0 amide bonds. The van der Waals surface area contributed by atoms with Gasteiger partial charge in [-0.25, -0.2) is 8.42 Å². The van der Waals surface area contributed by atoms with Crippen LogP contribution >= 0.6 is 11.6 Å². The minimum atomic E-state index is -4.29. The van der Waals surface area contributed by atoms with Crippen molar-refractivity contribution < 1.29 is 47.3 Å². The van der Waals surface area contributed by atoms with Crippen LogP contribution in [-0.4, -0.2) is 19.6 Å². The van der Waals surface area contributed by atoms with Crippen LogP contribution in [0.3, 0.4) is 0 Å². The first-order chi connectivity index (χ1) is 7.96. The summed E-state index contributed by atoms with van der Waals surface area (Å²) in [5.41, 5.74) is 1.20. The molecule has 18 heavy (non-hydrogen) atoms. The normalized spacial score (nSPS) is 19.6. The number of halogens is 1. The summed E-state index contributed by atoms with van der Waals surface area (Å²) in [4.78, 5) is 0. The number of hydrogen-bond acceptors (Lipinski definition) is 4. The SMILES string of the molecule is O=S(=O)([O-])Cc1ccc(Cl)cc1C1CCCO1.[Na+]. The number of rotatable bonds is 3. The first-order valence-electron chi connectivity index (χ1n) is 5.29. The third-order valence-corrected chi connectivity index (χ3v) is 3.62. The maximum atomic E-state index is 10.8. The van der Waals surface area contributed by atoms with Gasteiger partial charge in [0, 0.05) is 11.6 Å². The van der Waals surface area contributed by atoms with Crippen LogP contribution in [0.2, 0.25) is 5.02 Å². The molecule has 1 unspecified atom stereocenters. The van der Waals surface area contributed by atoms with Gasteiger partial charge in [-0.3, -0.25) is 0 Å². The molecule has 0 bridgehead atoms. The van der Waals surface area contributed by atoms with E-state index in [9.17, 15) is 13.0 Å². The molecule has 0 aromatic heterocycles. The summed E-state index contributed by atoms with van der Waals surface area (Å²) < 4.78 is 38.0. The Hall–Kier alpha value is 0.380. The van der Waals surface area contributed by atoms with Gasteiger partial charge in [0.15, 0.2) is 0 Å². The van der Waals surface area contributed by atoms with Crippen molar-refractivity contribution in [2.75, 3.05) is 6.61 Å². The Morgan fingerprint density at radius 3 is 2.72 bits per heavy atom. The molecule has 1 aromatic carbocycles. The van der Waals surface area contributed by atoms with Gasteiger partial charge in [-0.2, -0.15) is 0 Å². The Kier molecular flexibility index (Phi) is 6.12. The summed E-state index contributed by atoms with van der Waals surface area (Å²) in [6.07, 6.45) is 1.61. The molecule has 1 atom stereocenters. The maximum absolute atomic E-state index is 10.8. The minimum absolute atomic E-state index is 0. The van der Waals surface area contributed by atoms with Crippen LogP contribution < -0.4 is 29.6 Å². The molecule has 1 saturated heterocycles. The third-order valence-electron chi connectivity index (χ3n) is 2.72. The Balaban J connectivity index is 0.00000162. The quantitative estimate of drug-likeness (QED) is 0.543. The van der Waals surface area contributed by atoms with Crippen LogP contribution in [0.4, 0.5) is 0 Å². The van der Waals surface area contributed by atoms with Crippen molar-refractivity contribution in [3.8, 4) is 0 Å². The average Bonchev–Trinajstić information content (AvgIpc) is 2.71. The topological polar surface area (TPSA) is 66.4 Å². The fraction of sp³-hybridized carbons (Fsp3) is 0.455. The van der Waals surface area contributed by atoms with Crippen LogP contribution in [0.15, 0.2) is 18.2 Å². The largest absolute Gasteiger partial charge is 1.00 e. The zero-order chi connectivity index (χ0) is 12.5. The van der Waals surface area contributed by atoms with Crippen LogP contribution in [0.25, 0.3) is 0 Å². The van der Waals surface area contributed by atoms with Crippen molar-refractivity contribution in [1.82, 2.24) is 0 Å². The second-order valence-corrected chi connectivity index (χ2v) is 5.89. The maximum Gasteiger partial charge on any atom is 1.00 e. The standard InChI is InChI=1S/C11H13ClO4S.Na/c12-9-4-3-8(7-17(13,14)15)10(6-9)11-2-1-5-16-11;/h3-4,6,11H,1-2,5,7H2,(H,13,14,15);/q;+1/p-1. The van der Waals surface area contributed by atoms with Gasteiger partial charge in [0.05, 0.1) is 22.0 Å². The van der Waals surface area contributed by atoms with Gasteiger partial charge < -0.3 is 9.29 Å². The Bertz CT molecular complexity index is 512. The van der Waals surface area contributed by atoms with E-state index in [1.54, 1.807) is 18.2 Å². The van der Waals surface area contributed by atoms with Crippen molar-refractivity contribution >= 4 is 21.7 Å². The van der Waals surface area contributed by atoms with E-state index < -0.39 is 15.9 Å². The number of ether oxygens (including phenoxy) is 1. The predicted octanol–water partition coefficient (Wildman–Crippen LogP) is -0.759. The van der Waals surface area contributed by atoms with Crippen molar-refractivity contribution in [2.24, 2.45) is 0 Å². The Labute approximate surface area is 134 Å². The molecule has 0 aliphatic carbocycles. The van der Waals surface area contributed by atoms with E-state index in [1.165, 1.54) is 0 Å². The van der Waals surface area contributed by atoms with E-state index >= 15 is 0 Å². The predicted molar refractivity (Wildman–Crippen MR) is 62.8 cm³/mol. The summed E-state index contributed by atoms with van der Waals surface area (Å²) in [7, 11) is -4.29. The molecule has 0 saturated carbocycles. The zero-order valence-electron chi connectivity index (χ0n) is 10.1. The molecule has 1 aliphatic rings. The van der Waals surface area contributed by atoms with Crippen molar-refractivity contribution in [3.05, 3.63) is 34.3 Å². The second-order valence-electron chi connectivity index (χ2n) is 4.05. The molecule has 1 aromatic rings. The summed E-state index contributed by atoms with van der Waals surface area (Å²) >= 11 is 5.88. The molecule has 0 spiro atoms. The summed E-state index contributed by atoms with van der Waals surface area (Å²) in [6, 6.07) is 4.84. The molecule has 2 rings (SSSR count). The third kappa shape index (κ3) is 4.49. The molecule has 7 heteroatoms. The monoisotopic (exact) mass is 298 g/mol.